The highest BCUT2D eigenvalue weighted by molar-refractivity contribution is 5.94. The van der Waals surface area contributed by atoms with Gasteiger partial charge in [0.1, 0.15) is 5.82 Å². The first kappa shape index (κ1) is 14.4. The molecule has 1 aromatic rings. The van der Waals surface area contributed by atoms with Crippen molar-refractivity contribution in [3.8, 4) is 0 Å². The third kappa shape index (κ3) is 3.43. The fourth-order valence-electron chi connectivity index (χ4n) is 1.21. The normalized spacial score (nSPS) is 13.2. The van der Waals surface area contributed by atoms with Gasteiger partial charge in [-0.2, -0.15) is 13.2 Å². The Kier molecular flexibility index (Phi) is 4.28. The molecule has 18 heavy (non-hydrogen) atoms. The lowest BCUT2D eigenvalue weighted by Crippen LogP contribution is -2.35. The minimum Gasteiger partial charge on any atom is -0.322 e. The lowest BCUT2D eigenvalue weighted by atomic mass is 10.1. The van der Waals surface area contributed by atoms with Crippen LogP contribution in [0.4, 0.5) is 23.2 Å². The van der Waals surface area contributed by atoms with E-state index in [1.54, 1.807) is 6.92 Å². The highest BCUT2D eigenvalue weighted by atomic mass is 19.4. The average Bonchev–Trinajstić information content (AvgIpc) is 2.29. The number of alkyl halides is 3. The van der Waals surface area contributed by atoms with Crippen LogP contribution in [0.5, 0.6) is 0 Å². The van der Waals surface area contributed by atoms with Crippen LogP contribution >= 0.6 is 0 Å². The molecule has 0 saturated heterocycles. The van der Waals surface area contributed by atoms with E-state index in [2.05, 4.69) is 0 Å². The SMILES string of the molecule is CC[C@H](N)C(=O)Nc1cc(C(F)(F)F)ccc1F. The highest BCUT2D eigenvalue weighted by Crippen LogP contribution is 2.31. The Bertz CT molecular complexity index is 445. The minimum absolute atomic E-state index is 0.298. The molecule has 7 heteroatoms. The highest BCUT2D eigenvalue weighted by Gasteiger charge is 2.31. The molecule has 0 heterocycles. The molecular formula is C11H12F4N2O. The molecule has 0 aliphatic rings. The van der Waals surface area contributed by atoms with Crippen LogP contribution in [-0.4, -0.2) is 11.9 Å². The molecule has 0 unspecified atom stereocenters. The maximum absolute atomic E-state index is 13.3. The van der Waals surface area contributed by atoms with Gasteiger partial charge < -0.3 is 11.1 Å². The number of hydrogen-bond donors (Lipinski definition) is 2. The maximum Gasteiger partial charge on any atom is 0.416 e. The van der Waals surface area contributed by atoms with Crippen LogP contribution in [0.1, 0.15) is 18.9 Å². The third-order valence-corrected chi connectivity index (χ3v) is 2.33. The van der Waals surface area contributed by atoms with Crippen molar-refractivity contribution in [3.05, 3.63) is 29.6 Å². The van der Waals surface area contributed by atoms with Crippen LogP contribution in [0.15, 0.2) is 18.2 Å². The van der Waals surface area contributed by atoms with E-state index in [1.807, 2.05) is 5.32 Å². The summed E-state index contributed by atoms with van der Waals surface area (Å²) in [6, 6.07) is 0.898. The Morgan fingerprint density at radius 3 is 2.56 bits per heavy atom. The van der Waals surface area contributed by atoms with Gasteiger partial charge in [0, 0.05) is 0 Å². The van der Waals surface area contributed by atoms with Crippen LogP contribution in [-0.2, 0) is 11.0 Å². The number of carbonyl (C=O) groups excluding carboxylic acids is 1. The summed E-state index contributed by atoms with van der Waals surface area (Å²) in [6.45, 7) is 1.63. The molecule has 0 aromatic heterocycles. The molecule has 0 aliphatic carbocycles. The van der Waals surface area contributed by atoms with Crippen LogP contribution in [0.25, 0.3) is 0 Å². The van der Waals surface area contributed by atoms with E-state index in [0.717, 1.165) is 0 Å². The van der Waals surface area contributed by atoms with E-state index >= 15 is 0 Å². The van der Waals surface area contributed by atoms with E-state index in [1.165, 1.54) is 0 Å². The molecule has 0 saturated carbocycles. The molecule has 0 spiro atoms. The second kappa shape index (κ2) is 5.34. The number of hydrogen-bond acceptors (Lipinski definition) is 2. The van der Waals surface area contributed by atoms with Crippen molar-refractivity contribution in [1.82, 2.24) is 0 Å². The van der Waals surface area contributed by atoms with Gasteiger partial charge in [-0.05, 0) is 24.6 Å². The molecule has 1 rings (SSSR count). The summed E-state index contributed by atoms with van der Waals surface area (Å²) in [6.07, 6.45) is -4.30. The van der Waals surface area contributed by atoms with Gasteiger partial charge in [-0.15, -0.1) is 0 Å². The van der Waals surface area contributed by atoms with Crippen molar-refractivity contribution in [3.63, 3.8) is 0 Å². The number of amides is 1. The van der Waals surface area contributed by atoms with Crippen molar-refractivity contribution < 1.29 is 22.4 Å². The summed E-state index contributed by atoms with van der Waals surface area (Å²) in [4.78, 5) is 11.4. The van der Waals surface area contributed by atoms with E-state index in [0.29, 0.717) is 24.6 Å². The summed E-state index contributed by atoms with van der Waals surface area (Å²) in [7, 11) is 0. The Balaban J connectivity index is 2.99. The lowest BCUT2D eigenvalue weighted by molar-refractivity contribution is -0.137. The van der Waals surface area contributed by atoms with Gasteiger partial charge in [-0.25, -0.2) is 4.39 Å². The van der Waals surface area contributed by atoms with Crippen LogP contribution in [0.3, 0.4) is 0 Å². The number of nitrogens with two attached hydrogens (primary N) is 1. The van der Waals surface area contributed by atoms with Crippen molar-refractivity contribution in [2.45, 2.75) is 25.6 Å². The lowest BCUT2D eigenvalue weighted by Gasteiger charge is -2.13. The number of halogens is 4. The van der Waals surface area contributed by atoms with Crippen molar-refractivity contribution in [2.75, 3.05) is 5.32 Å². The quantitative estimate of drug-likeness (QED) is 0.824. The maximum atomic E-state index is 13.3. The zero-order valence-corrected chi connectivity index (χ0v) is 9.51. The number of benzene rings is 1. The van der Waals surface area contributed by atoms with E-state index < -0.39 is 35.2 Å². The molecule has 1 atom stereocenters. The predicted molar refractivity (Wildman–Crippen MR) is 58.3 cm³/mol. The first-order valence-electron chi connectivity index (χ1n) is 5.19. The number of nitrogens with one attached hydrogen (secondary N) is 1. The number of rotatable bonds is 3. The monoisotopic (exact) mass is 264 g/mol. The second-order valence-corrected chi connectivity index (χ2v) is 3.70. The van der Waals surface area contributed by atoms with Crippen molar-refractivity contribution in [2.24, 2.45) is 5.73 Å². The Morgan fingerprint density at radius 1 is 1.44 bits per heavy atom. The topological polar surface area (TPSA) is 55.1 Å². The Morgan fingerprint density at radius 2 is 2.06 bits per heavy atom. The zero-order valence-electron chi connectivity index (χ0n) is 9.51. The van der Waals surface area contributed by atoms with Crippen molar-refractivity contribution >= 4 is 11.6 Å². The molecule has 3 N–H and O–H groups in total. The van der Waals surface area contributed by atoms with Crippen LogP contribution in [0.2, 0.25) is 0 Å². The second-order valence-electron chi connectivity index (χ2n) is 3.70. The van der Waals surface area contributed by atoms with Gasteiger partial charge >= 0.3 is 6.18 Å². The molecule has 0 fully saturated rings. The average molecular weight is 264 g/mol. The van der Waals surface area contributed by atoms with E-state index in [4.69, 9.17) is 5.73 Å². The van der Waals surface area contributed by atoms with Gasteiger partial charge in [-0.3, -0.25) is 4.79 Å². The van der Waals surface area contributed by atoms with E-state index in [-0.39, 0.29) is 0 Å². The molecule has 3 nitrogen and oxygen atoms in total. The summed E-state index contributed by atoms with van der Waals surface area (Å²) in [5, 5.41) is 2.03. The largest absolute Gasteiger partial charge is 0.416 e. The molecule has 1 amide bonds. The first-order chi connectivity index (χ1) is 8.25. The molecular weight excluding hydrogens is 252 g/mol. The molecule has 0 bridgehead atoms. The Labute approximate surface area is 101 Å². The van der Waals surface area contributed by atoms with Crippen LogP contribution in [0, 0.1) is 5.82 Å². The van der Waals surface area contributed by atoms with Gasteiger partial charge in [0.2, 0.25) is 5.91 Å². The smallest absolute Gasteiger partial charge is 0.322 e. The predicted octanol–water partition coefficient (Wildman–Crippen LogP) is 2.52. The fourth-order valence-corrected chi connectivity index (χ4v) is 1.21. The number of carbonyl (C=O) groups is 1. The number of anilines is 1. The van der Waals surface area contributed by atoms with Crippen molar-refractivity contribution in [1.29, 1.82) is 0 Å². The molecule has 1 aromatic carbocycles. The third-order valence-electron chi connectivity index (χ3n) is 2.33. The standard InChI is InChI=1S/C11H12F4N2O/c1-2-8(16)10(18)17-9-5-6(11(13,14)15)3-4-7(9)12/h3-5,8H,2,16H2,1H3,(H,17,18)/t8-/m0/s1. The summed E-state index contributed by atoms with van der Waals surface area (Å²) in [5.74, 6) is -1.67. The Hall–Kier alpha value is -1.63. The fraction of sp³-hybridized carbons (Fsp3) is 0.364. The summed E-state index contributed by atoms with van der Waals surface area (Å²) >= 11 is 0. The van der Waals surface area contributed by atoms with Gasteiger partial charge in [0.25, 0.3) is 0 Å². The minimum atomic E-state index is -4.60. The summed E-state index contributed by atoms with van der Waals surface area (Å²) in [5.41, 5.74) is 3.81. The first-order valence-corrected chi connectivity index (χ1v) is 5.19. The van der Waals surface area contributed by atoms with Gasteiger partial charge in [0.15, 0.2) is 0 Å². The van der Waals surface area contributed by atoms with Crippen LogP contribution < -0.4 is 11.1 Å². The van der Waals surface area contributed by atoms with Gasteiger partial charge in [-0.1, -0.05) is 6.92 Å². The van der Waals surface area contributed by atoms with E-state index in [9.17, 15) is 22.4 Å². The molecule has 0 aliphatic heterocycles. The van der Waals surface area contributed by atoms with Gasteiger partial charge in [0.05, 0.1) is 17.3 Å². The molecule has 0 radical (unpaired) electrons. The zero-order chi connectivity index (χ0) is 13.9. The summed E-state index contributed by atoms with van der Waals surface area (Å²) < 4.78 is 50.5. The molecule has 100 valence electrons.